The second kappa shape index (κ2) is 5.32. The van der Waals surface area contributed by atoms with E-state index >= 15 is 0 Å². The number of carbonyl (C=O) groups is 1. The third kappa shape index (κ3) is 5.94. The molecular weight excluding hydrogens is 180 g/mol. The van der Waals surface area contributed by atoms with E-state index in [1.165, 1.54) is 12.2 Å². The molecule has 0 fully saturated rings. The summed E-state index contributed by atoms with van der Waals surface area (Å²) >= 11 is 0. The van der Waals surface area contributed by atoms with Crippen molar-refractivity contribution in [3.05, 3.63) is 0 Å². The van der Waals surface area contributed by atoms with Gasteiger partial charge in [0.05, 0.1) is 7.11 Å². The van der Waals surface area contributed by atoms with Gasteiger partial charge in [0, 0.05) is 19.5 Å². The van der Waals surface area contributed by atoms with Gasteiger partial charge >= 0.3 is 0 Å². The van der Waals surface area contributed by atoms with Crippen molar-refractivity contribution in [3.8, 4) is 0 Å². The molecule has 4 heteroatoms. The van der Waals surface area contributed by atoms with Crippen LogP contribution in [0.5, 0.6) is 0 Å². The maximum Gasteiger partial charge on any atom is 0.247 e. The monoisotopic (exact) mass is 202 g/mol. The summed E-state index contributed by atoms with van der Waals surface area (Å²) in [6.07, 6.45) is 1.16. The Labute approximate surface area is 86.4 Å². The molecule has 1 amide bonds. The summed E-state index contributed by atoms with van der Waals surface area (Å²) in [7, 11) is 3.05. The van der Waals surface area contributed by atoms with E-state index in [9.17, 15) is 4.79 Å². The van der Waals surface area contributed by atoms with Crippen LogP contribution in [-0.4, -0.2) is 31.2 Å². The molecule has 0 aliphatic carbocycles. The Bertz CT molecular complexity index is 187. The number of hydrogen-bond acceptors (Lipinski definition) is 3. The van der Waals surface area contributed by atoms with E-state index in [2.05, 4.69) is 20.8 Å². The average molecular weight is 202 g/mol. The molecule has 0 aromatic carbocycles. The Morgan fingerprint density at radius 2 is 2.00 bits per heavy atom. The lowest BCUT2D eigenvalue weighted by Crippen LogP contribution is -2.34. The smallest absolute Gasteiger partial charge is 0.247 e. The molecule has 0 aliphatic rings. The van der Waals surface area contributed by atoms with E-state index in [-0.39, 0.29) is 17.4 Å². The Morgan fingerprint density at radius 1 is 1.50 bits per heavy atom. The summed E-state index contributed by atoms with van der Waals surface area (Å²) in [5.41, 5.74) is 6.01. The zero-order valence-electron chi connectivity index (χ0n) is 9.83. The van der Waals surface area contributed by atoms with Crippen molar-refractivity contribution in [1.82, 2.24) is 5.06 Å². The van der Waals surface area contributed by atoms with Gasteiger partial charge in [0.2, 0.25) is 5.91 Å². The van der Waals surface area contributed by atoms with Gasteiger partial charge in [-0.05, 0) is 11.8 Å². The summed E-state index contributed by atoms with van der Waals surface area (Å²) in [4.78, 5) is 16.2. The molecule has 0 aromatic rings. The Hall–Kier alpha value is -0.610. The summed E-state index contributed by atoms with van der Waals surface area (Å²) in [6.45, 7) is 6.33. The van der Waals surface area contributed by atoms with Crippen LogP contribution in [-0.2, 0) is 9.63 Å². The number of nitrogens with zero attached hydrogens (tertiary/aromatic N) is 1. The Kier molecular flexibility index (Phi) is 5.08. The molecule has 0 saturated heterocycles. The van der Waals surface area contributed by atoms with E-state index in [1.54, 1.807) is 7.05 Å². The molecular formula is C10H22N2O2. The predicted molar refractivity (Wildman–Crippen MR) is 56.4 cm³/mol. The number of carbonyl (C=O) groups excluding carboxylic acids is 1. The van der Waals surface area contributed by atoms with Gasteiger partial charge in [0.15, 0.2) is 0 Å². The molecule has 0 aromatic heterocycles. The molecule has 4 nitrogen and oxygen atoms in total. The number of hydrogen-bond donors (Lipinski definition) is 1. The number of hydroxylamine groups is 2. The Balaban J connectivity index is 3.95. The highest BCUT2D eigenvalue weighted by atomic mass is 16.7. The third-order valence-electron chi connectivity index (χ3n) is 1.94. The largest absolute Gasteiger partial charge is 0.327 e. The van der Waals surface area contributed by atoms with Gasteiger partial charge in [-0.3, -0.25) is 9.63 Å². The van der Waals surface area contributed by atoms with Crippen LogP contribution in [0.15, 0.2) is 0 Å². The maximum absolute atomic E-state index is 11.4. The fraction of sp³-hybridized carbons (Fsp3) is 0.900. The standard InChI is InChI=1S/C10H22N2O2/c1-10(2,3)7-8(11)6-9(13)12(4)14-5/h8H,6-7,11H2,1-5H3. The highest BCUT2D eigenvalue weighted by molar-refractivity contribution is 5.75. The first-order chi connectivity index (χ1) is 6.26. The molecule has 0 saturated carbocycles. The minimum Gasteiger partial charge on any atom is -0.327 e. The van der Waals surface area contributed by atoms with E-state index in [0.29, 0.717) is 6.42 Å². The van der Waals surface area contributed by atoms with Crippen LogP contribution < -0.4 is 5.73 Å². The van der Waals surface area contributed by atoms with E-state index in [4.69, 9.17) is 10.6 Å². The number of nitrogens with two attached hydrogens (primary N) is 1. The molecule has 0 aliphatic heterocycles. The molecule has 0 heterocycles. The van der Waals surface area contributed by atoms with Crippen molar-refractivity contribution in [2.75, 3.05) is 14.2 Å². The first-order valence-corrected chi connectivity index (χ1v) is 4.82. The molecule has 0 bridgehead atoms. The van der Waals surface area contributed by atoms with E-state index in [0.717, 1.165) is 6.42 Å². The molecule has 0 spiro atoms. The SMILES string of the molecule is CON(C)C(=O)CC(N)CC(C)(C)C. The van der Waals surface area contributed by atoms with Crippen LogP contribution >= 0.6 is 0 Å². The van der Waals surface area contributed by atoms with Gasteiger partial charge in [-0.25, -0.2) is 5.06 Å². The van der Waals surface area contributed by atoms with Gasteiger partial charge in [0.1, 0.15) is 0 Å². The summed E-state index contributed by atoms with van der Waals surface area (Å²) in [5, 5.41) is 1.21. The van der Waals surface area contributed by atoms with Crippen LogP contribution in [0.1, 0.15) is 33.6 Å². The molecule has 14 heavy (non-hydrogen) atoms. The van der Waals surface area contributed by atoms with Crippen LogP contribution in [0.25, 0.3) is 0 Å². The molecule has 1 unspecified atom stereocenters. The highest BCUT2D eigenvalue weighted by Crippen LogP contribution is 2.21. The molecule has 1 atom stereocenters. The topological polar surface area (TPSA) is 55.6 Å². The predicted octanol–water partition coefficient (Wildman–Crippen LogP) is 1.16. The molecule has 84 valence electrons. The second-order valence-electron chi connectivity index (χ2n) is 4.80. The molecule has 0 radical (unpaired) electrons. The fourth-order valence-electron chi connectivity index (χ4n) is 1.31. The van der Waals surface area contributed by atoms with Gasteiger partial charge in [-0.2, -0.15) is 0 Å². The van der Waals surface area contributed by atoms with Crippen molar-refractivity contribution < 1.29 is 9.63 Å². The van der Waals surface area contributed by atoms with E-state index in [1.807, 2.05) is 0 Å². The second-order valence-corrected chi connectivity index (χ2v) is 4.80. The van der Waals surface area contributed by atoms with Gasteiger partial charge in [0.25, 0.3) is 0 Å². The first kappa shape index (κ1) is 13.4. The molecule has 2 N–H and O–H groups in total. The summed E-state index contributed by atoms with van der Waals surface area (Å²) in [5.74, 6) is -0.0794. The van der Waals surface area contributed by atoms with Crippen LogP contribution in [0.2, 0.25) is 0 Å². The van der Waals surface area contributed by atoms with Crippen LogP contribution in [0.3, 0.4) is 0 Å². The van der Waals surface area contributed by atoms with Crippen molar-refractivity contribution in [2.24, 2.45) is 11.1 Å². The van der Waals surface area contributed by atoms with Gasteiger partial charge < -0.3 is 5.73 Å². The summed E-state index contributed by atoms with van der Waals surface area (Å²) in [6, 6.07) is -0.0971. The van der Waals surface area contributed by atoms with Crippen molar-refractivity contribution in [1.29, 1.82) is 0 Å². The normalized spacial score (nSPS) is 13.9. The summed E-state index contributed by atoms with van der Waals surface area (Å²) < 4.78 is 0. The van der Waals surface area contributed by atoms with Crippen LogP contribution in [0, 0.1) is 5.41 Å². The zero-order valence-corrected chi connectivity index (χ0v) is 9.83. The van der Waals surface area contributed by atoms with E-state index < -0.39 is 0 Å². The lowest BCUT2D eigenvalue weighted by Gasteiger charge is -2.24. The first-order valence-electron chi connectivity index (χ1n) is 4.82. The number of rotatable bonds is 4. The van der Waals surface area contributed by atoms with Crippen LogP contribution in [0.4, 0.5) is 0 Å². The average Bonchev–Trinajstić information content (AvgIpc) is 1.99. The van der Waals surface area contributed by atoms with Crippen molar-refractivity contribution >= 4 is 5.91 Å². The Morgan fingerprint density at radius 3 is 2.36 bits per heavy atom. The minimum atomic E-state index is -0.0971. The highest BCUT2D eigenvalue weighted by Gasteiger charge is 2.19. The lowest BCUT2D eigenvalue weighted by atomic mass is 9.87. The maximum atomic E-state index is 11.4. The lowest BCUT2D eigenvalue weighted by molar-refractivity contribution is -0.169. The third-order valence-corrected chi connectivity index (χ3v) is 1.94. The van der Waals surface area contributed by atoms with Crippen molar-refractivity contribution in [3.63, 3.8) is 0 Å². The molecule has 0 rings (SSSR count). The van der Waals surface area contributed by atoms with Gasteiger partial charge in [-0.15, -0.1) is 0 Å². The fourth-order valence-corrected chi connectivity index (χ4v) is 1.31. The zero-order chi connectivity index (χ0) is 11.4. The quantitative estimate of drug-likeness (QED) is 0.696. The minimum absolute atomic E-state index is 0.0794. The number of amides is 1. The van der Waals surface area contributed by atoms with Crippen molar-refractivity contribution in [2.45, 2.75) is 39.7 Å². The van der Waals surface area contributed by atoms with Gasteiger partial charge in [-0.1, -0.05) is 20.8 Å².